The van der Waals surface area contributed by atoms with Gasteiger partial charge in [0.1, 0.15) is 11.9 Å². The molecule has 1 aromatic heterocycles. The number of hydrogen-bond donors (Lipinski definition) is 2. The van der Waals surface area contributed by atoms with Gasteiger partial charge in [0.25, 0.3) is 0 Å². The summed E-state index contributed by atoms with van der Waals surface area (Å²) in [4.78, 5) is 8.51. The second-order valence-electron chi connectivity index (χ2n) is 5.00. The SMILES string of the molecule is COC(CN=C(N)NCCc1ccccn1)c1ccc(F)cc1. The van der Waals surface area contributed by atoms with E-state index < -0.39 is 0 Å². The third-order valence-corrected chi connectivity index (χ3v) is 3.37. The number of pyridine rings is 1. The van der Waals surface area contributed by atoms with E-state index in [2.05, 4.69) is 15.3 Å². The molecule has 0 saturated carbocycles. The summed E-state index contributed by atoms with van der Waals surface area (Å²) in [5.41, 5.74) is 7.70. The monoisotopic (exact) mass is 316 g/mol. The minimum atomic E-state index is -0.275. The number of benzene rings is 1. The van der Waals surface area contributed by atoms with Crippen molar-refractivity contribution in [1.29, 1.82) is 0 Å². The fourth-order valence-electron chi connectivity index (χ4n) is 2.10. The van der Waals surface area contributed by atoms with Gasteiger partial charge < -0.3 is 15.8 Å². The van der Waals surface area contributed by atoms with Crippen LogP contribution in [0.3, 0.4) is 0 Å². The third kappa shape index (κ3) is 5.67. The molecule has 0 fully saturated rings. The Morgan fingerprint density at radius 3 is 2.74 bits per heavy atom. The van der Waals surface area contributed by atoms with Crippen LogP contribution in [0.2, 0.25) is 0 Å². The summed E-state index contributed by atoms with van der Waals surface area (Å²) >= 11 is 0. The maximum Gasteiger partial charge on any atom is 0.188 e. The molecule has 1 aromatic carbocycles. The van der Waals surface area contributed by atoms with E-state index in [1.54, 1.807) is 25.4 Å². The van der Waals surface area contributed by atoms with E-state index >= 15 is 0 Å². The van der Waals surface area contributed by atoms with Crippen LogP contribution in [0.15, 0.2) is 53.7 Å². The van der Waals surface area contributed by atoms with Crippen LogP contribution in [0.4, 0.5) is 4.39 Å². The van der Waals surface area contributed by atoms with E-state index in [1.807, 2.05) is 18.2 Å². The number of methoxy groups -OCH3 is 1. The molecule has 0 spiro atoms. The highest BCUT2D eigenvalue weighted by Crippen LogP contribution is 2.17. The molecule has 23 heavy (non-hydrogen) atoms. The largest absolute Gasteiger partial charge is 0.375 e. The van der Waals surface area contributed by atoms with Crippen LogP contribution in [0.1, 0.15) is 17.4 Å². The number of rotatable bonds is 7. The molecule has 1 atom stereocenters. The van der Waals surface area contributed by atoms with Crippen molar-refractivity contribution < 1.29 is 9.13 Å². The van der Waals surface area contributed by atoms with Gasteiger partial charge in [-0.05, 0) is 29.8 Å². The fraction of sp³-hybridized carbons (Fsp3) is 0.294. The van der Waals surface area contributed by atoms with Gasteiger partial charge in [-0.15, -0.1) is 0 Å². The Balaban J connectivity index is 1.81. The van der Waals surface area contributed by atoms with Gasteiger partial charge in [-0.3, -0.25) is 9.98 Å². The smallest absolute Gasteiger partial charge is 0.188 e. The van der Waals surface area contributed by atoms with Gasteiger partial charge in [-0.1, -0.05) is 18.2 Å². The van der Waals surface area contributed by atoms with Gasteiger partial charge in [0.05, 0.1) is 6.54 Å². The predicted molar refractivity (Wildman–Crippen MR) is 88.6 cm³/mol. The first-order chi connectivity index (χ1) is 11.2. The molecular weight excluding hydrogens is 295 g/mol. The highest BCUT2D eigenvalue weighted by molar-refractivity contribution is 5.77. The molecule has 0 aliphatic carbocycles. The summed E-state index contributed by atoms with van der Waals surface area (Å²) in [6.45, 7) is 1.02. The Bertz CT molecular complexity index is 616. The Kier molecular flexibility index (Phi) is 6.50. The van der Waals surface area contributed by atoms with E-state index in [0.717, 1.165) is 17.7 Å². The van der Waals surface area contributed by atoms with Gasteiger partial charge in [0, 0.05) is 32.0 Å². The highest BCUT2D eigenvalue weighted by Gasteiger charge is 2.10. The number of nitrogens with one attached hydrogen (secondary N) is 1. The average molecular weight is 316 g/mol. The molecule has 2 rings (SSSR count). The standard InChI is InChI=1S/C17H21FN4O/c1-23-16(13-5-7-14(18)8-6-13)12-22-17(19)21-11-9-15-4-2-3-10-20-15/h2-8,10,16H,9,11-12H2,1H3,(H3,19,21,22). The summed E-state index contributed by atoms with van der Waals surface area (Å²) in [7, 11) is 1.59. The molecule has 0 aliphatic rings. The number of nitrogens with two attached hydrogens (primary N) is 1. The number of aromatic nitrogens is 1. The van der Waals surface area contributed by atoms with E-state index in [1.165, 1.54) is 12.1 Å². The Morgan fingerprint density at radius 2 is 2.09 bits per heavy atom. The lowest BCUT2D eigenvalue weighted by Crippen LogP contribution is -2.33. The molecule has 2 aromatic rings. The zero-order valence-corrected chi connectivity index (χ0v) is 13.1. The summed E-state index contributed by atoms with van der Waals surface area (Å²) in [6, 6.07) is 12.0. The first kappa shape index (κ1) is 16.9. The minimum absolute atomic E-state index is 0.258. The lowest BCUT2D eigenvalue weighted by Gasteiger charge is -2.14. The normalized spacial score (nSPS) is 12.9. The van der Waals surface area contributed by atoms with Crippen molar-refractivity contribution in [2.45, 2.75) is 12.5 Å². The summed E-state index contributed by atoms with van der Waals surface area (Å²) in [5.74, 6) is 0.0768. The number of ether oxygens (including phenoxy) is 1. The van der Waals surface area contributed by atoms with Crippen molar-refractivity contribution in [2.75, 3.05) is 20.2 Å². The second-order valence-corrected chi connectivity index (χ2v) is 5.00. The maximum absolute atomic E-state index is 12.9. The molecule has 0 radical (unpaired) electrons. The molecule has 0 saturated heterocycles. The highest BCUT2D eigenvalue weighted by atomic mass is 19.1. The van der Waals surface area contributed by atoms with Crippen LogP contribution in [0.25, 0.3) is 0 Å². The third-order valence-electron chi connectivity index (χ3n) is 3.37. The molecule has 122 valence electrons. The molecule has 0 bridgehead atoms. The van der Waals surface area contributed by atoms with Gasteiger partial charge in [-0.2, -0.15) is 0 Å². The number of aliphatic imine (C=N–C) groups is 1. The lowest BCUT2D eigenvalue weighted by molar-refractivity contribution is 0.111. The summed E-state index contributed by atoms with van der Waals surface area (Å²) in [5, 5.41) is 3.04. The van der Waals surface area contributed by atoms with E-state index in [0.29, 0.717) is 19.0 Å². The molecular formula is C17H21FN4O. The first-order valence-corrected chi connectivity index (χ1v) is 7.41. The van der Waals surface area contributed by atoms with Crippen LogP contribution < -0.4 is 11.1 Å². The molecule has 3 N–H and O–H groups in total. The Hall–Kier alpha value is -2.47. The van der Waals surface area contributed by atoms with Gasteiger partial charge >= 0.3 is 0 Å². The topological polar surface area (TPSA) is 72.5 Å². The van der Waals surface area contributed by atoms with Crippen LogP contribution in [0, 0.1) is 5.82 Å². The zero-order valence-electron chi connectivity index (χ0n) is 13.1. The fourth-order valence-corrected chi connectivity index (χ4v) is 2.10. The Labute approximate surface area is 135 Å². The van der Waals surface area contributed by atoms with E-state index in [4.69, 9.17) is 10.5 Å². The number of hydrogen-bond acceptors (Lipinski definition) is 3. The van der Waals surface area contributed by atoms with Crippen molar-refractivity contribution in [3.63, 3.8) is 0 Å². The number of halogens is 1. The van der Waals surface area contributed by atoms with E-state index in [9.17, 15) is 4.39 Å². The van der Waals surface area contributed by atoms with Crippen LogP contribution >= 0.6 is 0 Å². The maximum atomic E-state index is 12.9. The van der Waals surface area contributed by atoms with Crippen molar-refractivity contribution in [2.24, 2.45) is 10.7 Å². The first-order valence-electron chi connectivity index (χ1n) is 7.41. The molecule has 5 nitrogen and oxygen atoms in total. The average Bonchev–Trinajstić information content (AvgIpc) is 2.58. The van der Waals surface area contributed by atoms with Crippen molar-refractivity contribution >= 4 is 5.96 Å². The van der Waals surface area contributed by atoms with Crippen molar-refractivity contribution in [1.82, 2.24) is 10.3 Å². The van der Waals surface area contributed by atoms with Crippen molar-refractivity contribution in [3.8, 4) is 0 Å². The second kappa shape index (κ2) is 8.85. The number of guanidine groups is 1. The van der Waals surface area contributed by atoms with Crippen LogP contribution in [-0.4, -0.2) is 31.1 Å². The van der Waals surface area contributed by atoms with Crippen LogP contribution in [-0.2, 0) is 11.2 Å². The molecule has 1 unspecified atom stereocenters. The summed E-state index contributed by atoms with van der Waals surface area (Å²) < 4.78 is 18.3. The van der Waals surface area contributed by atoms with Crippen LogP contribution in [0.5, 0.6) is 0 Å². The molecule has 6 heteroatoms. The van der Waals surface area contributed by atoms with E-state index in [-0.39, 0.29) is 11.9 Å². The lowest BCUT2D eigenvalue weighted by atomic mass is 10.1. The van der Waals surface area contributed by atoms with Gasteiger partial charge in [-0.25, -0.2) is 4.39 Å². The van der Waals surface area contributed by atoms with Gasteiger partial charge in [0.15, 0.2) is 5.96 Å². The predicted octanol–water partition coefficient (Wildman–Crippen LogP) is 2.06. The quantitative estimate of drug-likeness (QED) is 0.606. The molecule has 0 amide bonds. The number of nitrogens with zero attached hydrogens (tertiary/aromatic N) is 2. The molecule has 1 heterocycles. The Morgan fingerprint density at radius 1 is 1.30 bits per heavy atom. The minimum Gasteiger partial charge on any atom is -0.375 e. The van der Waals surface area contributed by atoms with Gasteiger partial charge in [0.2, 0.25) is 0 Å². The zero-order chi connectivity index (χ0) is 16.5. The summed E-state index contributed by atoms with van der Waals surface area (Å²) in [6.07, 6.45) is 2.27. The molecule has 0 aliphatic heterocycles. The van der Waals surface area contributed by atoms with Crippen molar-refractivity contribution in [3.05, 3.63) is 65.7 Å².